The minimum atomic E-state index is -0.509. The largest absolute Gasteiger partial charge is 0.368 e. The van der Waals surface area contributed by atoms with Crippen LogP contribution in [0.5, 0.6) is 0 Å². The van der Waals surface area contributed by atoms with E-state index in [0.29, 0.717) is 52.9 Å². The molecule has 0 radical (unpaired) electrons. The third-order valence-corrected chi connectivity index (χ3v) is 6.24. The van der Waals surface area contributed by atoms with E-state index >= 15 is 0 Å². The minimum Gasteiger partial charge on any atom is -0.368 e. The van der Waals surface area contributed by atoms with Crippen molar-refractivity contribution in [2.45, 2.75) is 45.6 Å². The molecule has 2 aromatic heterocycles. The molecule has 1 atom stereocenters. The van der Waals surface area contributed by atoms with Crippen LogP contribution >= 0.6 is 0 Å². The van der Waals surface area contributed by atoms with Crippen molar-refractivity contribution < 1.29 is 10.0 Å². The summed E-state index contributed by atoms with van der Waals surface area (Å²) >= 11 is 0. The number of rotatable bonds is 8. The Kier molecular flexibility index (Phi) is 8.69. The third-order valence-electron chi connectivity index (χ3n) is 6.24. The number of aromatic nitrogens is 4. The predicted molar refractivity (Wildman–Crippen MR) is 151 cm³/mol. The molecule has 0 aliphatic carbocycles. The number of para-hydroxylation sites is 1. The van der Waals surface area contributed by atoms with Gasteiger partial charge in [0.2, 0.25) is 11.9 Å². The summed E-state index contributed by atoms with van der Waals surface area (Å²) in [6, 6.07) is 16.1. The van der Waals surface area contributed by atoms with Crippen LogP contribution in [0.3, 0.4) is 0 Å². The van der Waals surface area contributed by atoms with Crippen molar-refractivity contribution in [3.63, 3.8) is 0 Å². The SMILES string of the molecule is CC[C@H](Nc1nc(N)nc(C)c1C#N)c1nc2cccc(C#CCCCC(=O)NO)c2c(=O)n1-c1ccccc1. The van der Waals surface area contributed by atoms with Crippen molar-refractivity contribution in [3.05, 3.63) is 81.5 Å². The summed E-state index contributed by atoms with van der Waals surface area (Å²) < 4.78 is 1.55. The molecule has 0 fully saturated rings. The standard InChI is InChI=1S/C29H28N8O3/c1-3-22(33-26-21(17-30)18(2)32-29(31)35-26)27-34-23-15-10-12-19(11-6-4-9-16-24(38)36-40)25(23)28(39)37(27)20-13-7-5-8-14-20/h5,7-8,10,12-15,22,40H,3-4,9,16H2,1-2H3,(H,36,38)(H3,31,32,33,35)/t22-/m0/s1. The number of hydrogen-bond donors (Lipinski definition) is 4. The number of anilines is 2. The Hall–Kier alpha value is -5.26. The molecule has 0 unspecified atom stereocenters. The number of fused-ring (bicyclic) bond motifs is 1. The molecular weight excluding hydrogens is 508 g/mol. The second kappa shape index (κ2) is 12.5. The lowest BCUT2D eigenvalue weighted by Crippen LogP contribution is -2.29. The Morgan fingerprint density at radius 3 is 2.62 bits per heavy atom. The molecule has 0 saturated heterocycles. The zero-order valence-electron chi connectivity index (χ0n) is 22.1. The van der Waals surface area contributed by atoms with Crippen molar-refractivity contribution in [2.24, 2.45) is 0 Å². The Morgan fingerprint density at radius 2 is 1.93 bits per heavy atom. The molecule has 202 valence electrons. The van der Waals surface area contributed by atoms with Gasteiger partial charge in [-0.3, -0.25) is 19.4 Å². The van der Waals surface area contributed by atoms with Crippen molar-refractivity contribution >= 4 is 28.6 Å². The first-order valence-corrected chi connectivity index (χ1v) is 12.7. The fourth-order valence-corrected chi connectivity index (χ4v) is 4.31. The van der Waals surface area contributed by atoms with E-state index in [-0.39, 0.29) is 29.3 Å². The van der Waals surface area contributed by atoms with Crippen LogP contribution in [0.4, 0.5) is 11.8 Å². The van der Waals surface area contributed by atoms with Crippen molar-refractivity contribution in [3.8, 4) is 23.6 Å². The number of unbranched alkanes of at least 4 members (excludes halogenated alkanes) is 1. The summed E-state index contributed by atoms with van der Waals surface area (Å²) in [5.41, 5.74) is 9.48. The zero-order valence-corrected chi connectivity index (χ0v) is 22.1. The second-order valence-corrected chi connectivity index (χ2v) is 8.94. The van der Waals surface area contributed by atoms with Gasteiger partial charge in [0.05, 0.1) is 28.3 Å². The average molecular weight is 537 g/mol. The molecule has 2 heterocycles. The number of aryl methyl sites for hydroxylation is 1. The van der Waals surface area contributed by atoms with Gasteiger partial charge < -0.3 is 11.1 Å². The van der Waals surface area contributed by atoms with Gasteiger partial charge in [-0.15, -0.1) is 0 Å². The topological polar surface area (TPSA) is 172 Å². The van der Waals surface area contributed by atoms with Gasteiger partial charge in [0.1, 0.15) is 23.3 Å². The number of hydrogen-bond acceptors (Lipinski definition) is 9. The molecule has 11 nitrogen and oxygen atoms in total. The average Bonchev–Trinajstić information content (AvgIpc) is 2.95. The van der Waals surface area contributed by atoms with Gasteiger partial charge >= 0.3 is 0 Å². The van der Waals surface area contributed by atoms with Crippen LogP contribution in [-0.4, -0.2) is 30.6 Å². The number of nitrogens with two attached hydrogens (primary N) is 1. The van der Waals surface area contributed by atoms with Gasteiger partial charge in [-0.25, -0.2) is 15.4 Å². The zero-order chi connectivity index (χ0) is 28.6. The van der Waals surface area contributed by atoms with Crippen LogP contribution in [0, 0.1) is 30.1 Å². The lowest BCUT2D eigenvalue weighted by molar-refractivity contribution is -0.129. The van der Waals surface area contributed by atoms with Crippen molar-refractivity contribution in [2.75, 3.05) is 11.1 Å². The van der Waals surface area contributed by atoms with Crippen LogP contribution in [-0.2, 0) is 4.79 Å². The van der Waals surface area contributed by atoms with Crippen LogP contribution in [0.1, 0.15) is 61.3 Å². The highest BCUT2D eigenvalue weighted by Crippen LogP contribution is 2.27. The molecule has 0 aliphatic rings. The highest BCUT2D eigenvalue weighted by molar-refractivity contribution is 5.84. The van der Waals surface area contributed by atoms with E-state index in [1.807, 2.05) is 37.3 Å². The van der Waals surface area contributed by atoms with Crippen LogP contribution < -0.4 is 22.1 Å². The molecule has 5 N–H and O–H groups in total. The summed E-state index contributed by atoms with van der Waals surface area (Å²) in [5, 5.41) is 22.0. The molecule has 11 heteroatoms. The number of carbonyl (C=O) groups excluding carboxylic acids is 1. The maximum absolute atomic E-state index is 14.1. The van der Waals surface area contributed by atoms with Gasteiger partial charge in [-0.05, 0) is 44.0 Å². The molecule has 2 aromatic carbocycles. The number of nitrogens with one attached hydrogen (secondary N) is 2. The molecule has 0 aliphatic heterocycles. The van der Waals surface area contributed by atoms with Crippen LogP contribution in [0.2, 0.25) is 0 Å². The van der Waals surface area contributed by atoms with Gasteiger partial charge in [-0.1, -0.05) is 43.0 Å². The number of amides is 1. The fraction of sp³-hybridized carbons (Fsp3) is 0.241. The highest BCUT2D eigenvalue weighted by Gasteiger charge is 2.23. The van der Waals surface area contributed by atoms with Crippen molar-refractivity contribution in [1.29, 1.82) is 5.26 Å². The lowest BCUT2D eigenvalue weighted by Gasteiger charge is -2.23. The summed E-state index contributed by atoms with van der Waals surface area (Å²) in [7, 11) is 0. The van der Waals surface area contributed by atoms with E-state index in [4.69, 9.17) is 15.9 Å². The maximum atomic E-state index is 14.1. The number of carbonyl (C=O) groups is 1. The summed E-state index contributed by atoms with van der Waals surface area (Å²) in [5.74, 6) is 6.31. The first kappa shape index (κ1) is 27.8. The molecule has 40 heavy (non-hydrogen) atoms. The van der Waals surface area contributed by atoms with Crippen molar-refractivity contribution in [1.82, 2.24) is 25.0 Å². The molecule has 4 aromatic rings. The number of nitrogens with zero attached hydrogens (tertiary/aromatic N) is 5. The lowest BCUT2D eigenvalue weighted by atomic mass is 10.1. The molecular formula is C29H28N8O3. The Bertz CT molecular complexity index is 1720. The van der Waals surface area contributed by atoms with Gasteiger partial charge in [-0.2, -0.15) is 10.2 Å². The fourth-order valence-electron chi connectivity index (χ4n) is 4.31. The molecule has 4 rings (SSSR count). The van der Waals surface area contributed by atoms with Gasteiger partial charge in [0, 0.05) is 18.4 Å². The minimum absolute atomic E-state index is 0.0287. The predicted octanol–water partition coefficient (Wildman–Crippen LogP) is 3.53. The van der Waals surface area contributed by atoms with E-state index in [9.17, 15) is 14.9 Å². The van der Waals surface area contributed by atoms with E-state index in [1.54, 1.807) is 35.2 Å². The molecule has 0 bridgehead atoms. The number of nitriles is 1. The third kappa shape index (κ3) is 5.90. The van der Waals surface area contributed by atoms with Crippen LogP contribution in [0.25, 0.3) is 16.6 Å². The number of nitrogen functional groups attached to an aromatic ring is 1. The Balaban J connectivity index is 1.86. The first-order valence-electron chi connectivity index (χ1n) is 12.7. The Labute approximate surface area is 230 Å². The Morgan fingerprint density at radius 1 is 1.15 bits per heavy atom. The number of hydroxylamine groups is 1. The van der Waals surface area contributed by atoms with E-state index in [1.165, 1.54) is 0 Å². The van der Waals surface area contributed by atoms with Gasteiger partial charge in [0.25, 0.3) is 5.56 Å². The summed E-state index contributed by atoms with van der Waals surface area (Å²) in [6.45, 7) is 3.62. The second-order valence-electron chi connectivity index (χ2n) is 8.94. The van der Waals surface area contributed by atoms with E-state index in [0.717, 1.165) is 0 Å². The monoisotopic (exact) mass is 536 g/mol. The summed E-state index contributed by atoms with van der Waals surface area (Å²) in [4.78, 5) is 38.6. The maximum Gasteiger partial charge on any atom is 0.267 e. The molecule has 0 saturated carbocycles. The van der Waals surface area contributed by atoms with Crippen LogP contribution in [0.15, 0.2) is 53.3 Å². The van der Waals surface area contributed by atoms with Gasteiger partial charge in [0.15, 0.2) is 0 Å². The van der Waals surface area contributed by atoms with E-state index < -0.39 is 11.9 Å². The highest BCUT2D eigenvalue weighted by atomic mass is 16.5. The molecule has 0 spiro atoms. The summed E-state index contributed by atoms with van der Waals surface area (Å²) in [6.07, 6.45) is 1.53. The normalized spacial score (nSPS) is 11.2. The first-order chi connectivity index (χ1) is 19.4. The quantitative estimate of drug-likeness (QED) is 0.114. The smallest absolute Gasteiger partial charge is 0.267 e. The van der Waals surface area contributed by atoms with E-state index in [2.05, 4.69) is 33.2 Å². The number of benzene rings is 2. The molecule has 1 amide bonds.